The second kappa shape index (κ2) is 5.65. The predicted octanol–water partition coefficient (Wildman–Crippen LogP) is 2.98. The molecule has 108 valence electrons. The molecule has 1 heterocycles. The van der Waals surface area contributed by atoms with Crippen LogP contribution in [0.3, 0.4) is 0 Å². The van der Waals surface area contributed by atoms with E-state index in [1.54, 1.807) is 0 Å². The molecule has 1 fully saturated rings. The summed E-state index contributed by atoms with van der Waals surface area (Å²) >= 11 is 0. The van der Waals surface area contributed by atoms with Crippen LogP contribution in [-0.2, 0) is 9.53 Å². The van der Waals surface area contributed by atoms with Gasteiger partial charge in [0.2, 0.25) is 0 Å². The molecule has 0 aliphatic carbocycles. The fourth-order valence-electron chi connectivity index (χ4n) is 2.58. The zero-order valence-electron chi connectivity index (χ0n) is 12.2. The summed E-state index contributed by atoms with van der Waals surface area (Å²) in [4.78, 5) is 25.1. The zero-order chi connectivity index (χ0) is 14.8. The van der Waals surface area contributed by atoms with Crippen molar-refractivity contribution in [2.45, 2.75) is 44.8 Å². The molecule has 1 aromatic carbocycles. The van der Waals surface area contributed by atoms with Crippen LogP contribution in [0, 0.1) is 0 Å². The van der Waals surface area contributed by atoms with Crippen LogP contribution in [0.4, 0.5) is 4.79 Å². The van der Waals surface area contributed by atoms with Crippen molar-refractivity contribution in [1.82, 2.24) is 4.90 Å². The van der Waals surface area contributed by atoms with Gasteiger partial charge >= 0.3 is 6.09 Å². The van der Waals surface area contributed by atoms with E-state index in [1.807, 2.05) is 51.1 Å². The van der Waals surface area contributed by atoms with Gasteiger partial charge in [-0.2, -0.15) is 0 Å². The van der Waals surface area contributed by atoms with Crippen molar-refractivity contribution in [3.8, 4) is 0 Å². The molecule has 20 heavy (non-hydrogen) atoms. The highest BCUT2D eigenvalue weighted by Crippen LogP contribution is 2.33. The summed E-state index contributed by atoms with van der Waals surface area (Å²) in [6, 6.07) is 9.41. The molecule has 0 bridgehead atoms. The van der Waals surface area contributed by atoms with Gasteiger partial charge < -0.3 is 9.53 Å². The topological polar surface area (TPSA) is 46.6 Å². The van der Waals surface area contributed by atoms with E-state index in [9.17, 15) is 9.59 Å². The number of benzene rings is 1. The predicted molar refractivity (Wildman–Crippen MR) is 76.6 cm³/mol. The molecule has 2 atom stereocenters. The molecule has 4 nitrogen and oxygen atoms in total. The number of aldehydes is 1. The van der Waals surface area contributed by atoms with Crippen LogP contribution in [0.5, 0.6) is 0 Å². The molecule has 0 unspecified atom stereocenters. The maximum atomic E-state index is 12.2. The maximum absolute atomic E-state index is 12.2. The minimum Gasteiger partial charge on any atom is -0.444 e. The van der Waals surface area contributed by atoms with Gasteiger partial charge in [-0.25, -0.2) is 4.79 Å². The Labute approximate surface area is 119 Å². The number of carbonyl (C=O) groups excluding carboxylic acids is 2. The van der Waals surface area contributed by atoms with Crippen molar-refractivity contribution >= 4 is 12.4 Å². The number of hydrogen-bond donors (Lipinski definition) is 0. The molecule has 0 spiro atoms. The summed E-state index contributed by atoms with van der Waals surface area (Å²) in [5.41, 5.74) is 0.547. The third-order valence-corrected chi connectivity index (χ3v) is 3.45. The van der Waals surface area contributed by atoms with Crippen LogP contribution >= 0.6 is 0 Å². The maximum Gasteiger partial charge on any atom is 0.410 e. The van der Waals surface area contributed by atoms with E-state index >= 15 is 0 Å². The Morgan fingerprint density at radius 3 is 2.50 bits per heavy atom. The monoisotopic (exact) mass is 275 g/mol. The molecule has 1 aliphatic rings. The Bertz CT molecular complexity index is 478. The molecule has 0 N–H and O–H groups in total. The van der Waals surface area contributed by atoms with Gasteiger partial charge in [0.1, 0.15) is 11.9 Å². The summed E-state index contributed by atoms with van der Waals surface area (Å²) < 4.78 is 5.37. The van der Waals surface area contributed by atoms with Crippen molar-refractivity contribution < 1.29 is 14.3 Å². The summed E-state index contributed by atoms with van der Waals surface area (Å²) in [5, 5.41) is 0. The summed E-state index contributed by atoms with van der Waals surface area (Å²) in [6.07, 6.45) is 1.23. The number of hydrogen-bond acceptors (Lipinski definition) is 3. The van der Waals surface area contributed by atoms with E-state index in [-0.39, 0.29) is 5.92 Å². The van der Waals surface area contributed by atoms with Crippen LogP contribution < -0.4 is 0 Å². The van der Waals surface area contributed by atoms with E-state index in [1.165, 1.54) is 4.90 Å². The number of amides is 1. The average molecular weight is 275 g/mol. The van der Waals surface area contributed by atoms with Gasteiger partial charge in [0, 0.05) is 12.5 Å². The molecule has 1 amide bonds. The van der Waals surface area contributed by atoms with Gasteiger partial charge in [-0.15, -0.1) is 0 Å². The summed E-state index contributed by atoms with van der Waals surface area (Å²) in [7, 11) is 0. The normalized spacial score (nSPS) is 22.6. The zero-order valence-corrected chi connectivity index (χ0v) is 12.2. The Balaban J connectivity index is 2.14. The molecule has 1 aromatic rings. The first kappa shape index (κ1) is 14.6. The standard InChI is InChI=1S/C16H21NO3/c1-16(2,3)20-15(19)17-10-9-13(14(17)11-18)12-7-5-4-6-8-12/h4-8,11,13-14H,9-10H2,1-3H3/t13-,14-/m1/s1. The number of rotatable bonds is 2. The van der Waals surface area contributed by atoms with Crippen molar-refractivity contribution in [3.63, 3.8) is 0 Å². The van der Waals surface area contributed by atoms with E-state index in [2.05, 4.69) is 0 Å². The Kier molecular flexibility index (Phi) is 4.12. The number of likely N-dealkylation sites (tertiary alicyclic amines) is 1. The molecule has 1 saturated heterocycles. The fourth-order valence-corrected chi connectivity index (χ4v) is 2.58. The van der Waals surface area contributed by atoms with Gasteiger partial charge in [0.05, 0.1) is 6.04 Å². The van der Waals surface area contributed by atoms with Gasteiger partial charge in [-0.3, -0.25) is 4.90 Å². The van der Waals surface area contributed by atoms with Crippen LogP contribution in [0.25, 0.3) is 0 Å². The smallest absolute Gasteiger partial charge is 0.410 e. The Hall–Kier alpha value is -1.84. The van der Waals surface area contributed by atoms with Gasteiger partial charge in [0.25, 0.3) is 0 Å². The van der Waals surface area contributed by atoms with E-state index in [0.29, 0.717) is 6.54 Å². The third kappa shape index (κ3) is 3.18. The number of ether oxygens (including phenoxy) is 1. The number of carbonyl (C=O) groups is 2. The molecule has 4 heteroatoms. The van der Waals surface area contributed by atoms with Gasteiger partial charge in [-0.1, -0.05) is 30.3 Å². The Morgan fingerprint density at radius 1 is 1.30 bits per heavy atom. The lowest BCUT2D eigenvalue weighted by molar-refractivity contribution is -0.112. The lowest BCUT2D eigenvalue weighted by Gasteiger charge is -2.27. The second-order valence-corrected chi connectivity index (χ2v) is 6.11. The quantitative estimate of drug-likeness (QED) is 0.779. The van der Waals surface area contributed by atoms with Crippen molar-refractivity contribution in [2.75, 3.05) is 6.54 Å². The minimum absolute atomic E-state index is 0.0567. The largest absolute Gasteiger partial charge is 0.444 e. The van der Waals surface area contributed by atoms with E-state index in [4.69, 9.17) is 4.74 Å². The SMILES string of the molecule is CC(C)(C)OC(=O)N1CC[C@H](c2ccccc2)[C@H]1C=O. The fraction of sp³-hybridized carbons (Fsp3) is 0.500. The van der Waals surface area contributed by atoms with Gasteiger partial charge in [-0.05, 0) is 32.8 Å². The van der Waals surface area contributed by atoms with Crippen molar-refractivity contribution in [1.29, 1.82) is 0 Å². The van der Waals surface area contributed by atoms with Gasteiger partial charge in [0.15, 0.2) is 0 Å². The van der Waals surface area contributed by atoms with Crippen LogP contribution in [0.15, 0.2) is 30.3 Å². The highest BCUT2D eigenvalue weighted by atomic mass is 16.6. The lowest BCUT2D eigenvalue weighted by atomic mass is 9.92. The first-order valence-corrected chi connectivity index (χ1v) is 6.92. The highest BCUT2D eigenvalue weighted by Gasteiger charge is 2.39. The van der Waals surface area contributed by atoms with E-state index in [0.717, 1.165) is 18.3 Å². The molecule has 0 radical (unpaired) electrons. The molecule has 0 saturated carbocycles. The van der Waals surface area contributed by atoms with Crippen LogP contribution in [0.2, 0.25) is 0 Å². The van der Waals surface area contributed by atoms with Crippen molar-refractivity contribution in [3.05, 3.63) is 35.9 Å². The molecule has 1 aliphatic heterocycles. The van der Waals surface area contributed by atoms with E-state index < -0.39 is 17.7 Å². The molecule has 0 aromatic heterocycles. The first-order chi connectivity index (χ1) is 9.42. The number of nitrogens with zero attached hydrogens (tertiary/aromatic N) is 1. The summed E-state index contributed by atoms with van der Waals surface area (Å²) in [6.45, 7) is 6.03. The van der Waals surface area contributed by atoms with Crippen molar-refractivity contribution in [2.24, 2.45) is 0 Å². The molecule has 2 rings (SSSR count). The lowest BCUT2D eigenvalue weighted by Crippen LogP contribution is -2.41. The van der Waals surface area contributed by atoms with Crippen LogP contribution in [-0.4, -0.2) is 35.5 Å². The third-order valence-electron chi connectivity index (χ3n) is 3.45. The second-order valence-electron chi connectivity index (χ2n) is 6.11. The highest BCUT2D eigenvalue weighted by molar-refractivity contribution is 5.75. The summed E-state index contributed by atoms with van der Waals surface area (Å²) in [5.74, 6) is 0.0567. The minimum atomic E-state index is -0.546. The molecular weight excluding hydrogens is 254 g/mol. The molecular formula is C16H21NO3. The van der Waals surface area contributed by atoms with Crippen LogP contribution in [0.1, 0.15) is 38.7 Å². The first-order valence-electron chi connectivity index (χ1n) is 6.92. The Morgan fingerprint density at radius 2 is 1.95 bits per heavy atom. The average Bonchev–Trinajstić information content (AvgIpc) is 2.81.